The maximum atomic E-state index is 17.1. The summed E-state index contributed by atoms with van der Waals surface area (Å²) < 4.78 is 55.7. The molecule has 0 amide bonds. The number of rotatable bonds is 14. The van der Waals surface area contributed by atoms with E-state index < -0.39 is 42.6 Å². The topological polar surface area (TPSA) is 98.0 Å². The number of piperidine rings is 1. The summed E-state index contributed by atoms with van der Waals surface area (Å²) in [5.41, 5.74) is 1.08. The molecule has 0 radical (unpaired) electrons. The zero-order valence-electron chi connectivity index (χ0n) is 46.1. The molecular weight excluding hydrogens is 995 g/mol. The van der Waals surface area contributed by atoms with Gasteiger partial charge in [-0.25, -0.2) is 8.78 Å². The van der Waals surface area contributed by atoms with Gasteiger partial charge in [-0.1, -0.05) is 89.9 Å². The van der Waals surface area contributed by atoms with Crippen LogP contribution in [0, 0.1) is 22.4 Å². The molecule has 5 heterocycles. The molecule has 1 spiro atoms. The minimum atomic E-state index is -2.30. The third-order valence-corrected chi connectivity index (χ3v) is 26.8. The Morgan fingerprint density at radius 1 is 0.816 bits per heavy atom. The quantitative estimate of drug-likeness (QED) is 0.107. The van der Waals surface area contributed by atoms with Crippen molar-refractivity contribution in [2.45, 2.75) is 181 Å². The number of aliphatic hydroxyl groups is 1. The normalized spacial score (nSPS) is 23.8. The van der Waals surface area contributed by atoms with E-state index in [9.17, 15) is 5.11 Å². The van der Waals surface area contributed by atoms with E-state index in [4.69, 9.17) is 28.6 Å². The summed E-state index contributed by atoms with van der Waals surface area (Å²) in [6.45, 7) is 23.3. The molecule has 3 aliphatic heterocycles. The second-order valence-corrected chi connectivity index (χ2v) is 32.4. The number of aliphatic hydroxyl groups excluding tert-OH is 1. The Morgan fingerprint density at radius 3 is 2.11 bits per heavy atom. The van der Waals surface area contributed by atoms with Crippen molar-refractivity contribution in [1.29, 1.82) is 0 Å². The summed E-state index contributed by atoms with van der Waals surface area (Å²) >= 11 is 0. The van der Waals surface area contributed by atoms with Gasteiger partial charge < -0.3 is 23.7 Å². The molecule has 1 N–H and O–H groups in total. The molecule has 1 unspecified atom stereocenters. The first-order chi connectivity index (χ1) is 36.3. The minimum Gasteiger partial charge on any atom is -0.461 e. The largest absolute Gasteiger partial charge is 0.461 e. The van der Waals surface area contributed by atoms with Gasteiger partial charge in [0.2, 0.25) is 0 Å². The van der Waals surface area contributed by atoms with Crippen LogP contribution in [0.5, 0.6) is 23.5 Å². The van der Waals surface area contributed by atoms with Crippen LogP contribution in [-0.4, -0.2) is 101 Å². The van der Waals surface area contributed by atoms with Crippen LogP contribution in [0.25, 0.3) is 21.9 Å². The van der Waals surface area contributed by atoms with Crippen molar-refractivity contribution in [3.8, 4) is 34.7 Å². The van der Waals surface area contributed by atoms with E-state index >= 15 is 8.78 Å². The third kappa shape index (κ3) is 9.20. The molecule has 406 valence electrons. The average molecular weight is 1070 g/mol. The second-order valence-electron chi connectivity index (χ2n) is 24.4. The van der Waals surface area contributed by atoms with Crippen molar-refractivity contribution in [1.82, 2.24) is 24.4 Å². The average Bonchev–Trinajstić information content (AvgIpc) is 4.04. The van der Waals surface area contributed by atoms with Crippen LogP contribution in [0.3, 0.4) is 0 Å². The maximum Gasteiger partial charge on any atom is 0.320 e. The molecule has 6 aromatic rings. The fourth-order valence-corrected chi connectivity index (χ4v) is 21.7. The lowest BCUT2D eigenvalue weighted by Crippen LogP contribution is -2.52. The molecule has 2 aliphatic carbocycles. The molecule has 14 heteroatoms. The Bertz CT molecular complexity index is 3100. The van der Waals surface area contributed by atoms with Gasteiger partial charge >= 0.3 is 12.0 Å². The van der Waals surface area contributed by atoms with Gasteiger partial charge in [-0.15, -0.1) is 0 Å². The van der Waals surface area contributed by atoms with Crippen molar-refractivity contribution in [2.75, 3.05) is 37.7 Å². The van der Waals surface area contributed by atoms with Crippen molar-refractivity contribution >= 4 is 48.1 Å². The molecule has 3 saturated heterocycles. The van der Waals surface area contributed by atoms with Gasteiger partial charge in [0.25, 0.3) is 0 Å². The van der Waals surface area contributed by atoms with Gasteiger partial charge in [0.1, 0.15) is 35.6 Å². The predicted molar refractivity (Wildman–Crippen MR) is 307 cm³/mol. The molecule has 0 bridgehead atoms. The molecule has 5 aliphatic rings. The number of ether oxygens (including phenoxy) is 2. The van der Waals surface area contributed by atoms with E-state index in [1.807, 2.05) is 30.3 Å². The van der Waals surface area contributed by atoms with E-state index in [0.717, 1.165) is 104 Å². The molecule has 76 heavy (non-hydrogen) atoms. The highest BCUT2D eigenvalue weighted by Gasteiger charge is 2.50. The first-order valence-corrected chi connectivity index (χ1v) is 31.4. The smallest absolute Gasteiger partial charge is 0.320 e. The van der Waals surface area contributed by atoms with Crippen LogP contribution >= 0.6 is 20.3 Å². The molecule has 5 fully saturated rings. The third-order valence-electron chi connectivity index (χ3n) is 17.6. The van der Waals surface area contributed by atoms with Crippen molar-refractivity contribution in [3.63, 3.8) is 0 Å². The summed E-state index contributed by atoms with van der Waals surface area (Å²) in [4.78, 5) is 22.5. The Morgan fingerprint density at radius 2 is 1.49 bits per heavy atom. The highest BCUT2D eigenvalue weighted by Crippen LogP contribution is 2.71. The Balaban J connectivity index is 1.12. The number of benzene rings is 4. The number of fused-ring (bicyclic) bond motifs is 3. The highest BCUT2D eigenvalue weighted by molar-refractivity contribution is 8.38. The summed E-state index contributed by atoms with van der Waals surface area (Å²) in [5.74, 6) is 4.77. The van der Waals surface area contributed by atoms with Crippen LogP contribution in [-0.2, 0) is 0 Å². The number of anilines is 1. The number of aromatic nitrogens is 4. The number of alkyl halides is 1. The highest BCUT2D eigenvalue weighted by atomic mass is 32.3. The standard InChI is InChI=1S/C62H78F2N6O4S2/c1-41(2)75(42(3)4,43(5)6)32-27-51-52(64)26-25-44-33-48(74-76(60(7,8)9,49-21-12-10-13-22-49)50-23-14-11-15-24-50)34-53(54(44)51)73-59-66-56-55(70(59)46-19-16-20-46)57(68-30-17-28-61(39-68)36-47(71)37-61)67-58(65-56)72-40-62-29-18-31-69(62)38-45(63)35-62/h10-15,21-26,33-34,41-43,45-47,71H,16-20,28-31,35-40H2,1-9H3/t45?,47?,61?,62-/m0/s1. The summed E-state index contributed by atoms with van der Waals surface area (Å²) in [5, 5.41) is 16.5. The molecule has 11 rings (SSSR count). The van der Waals surface area contributed by atoms with Crippen LogP contribution in [0.15, 0.2) is 94.7 Å². The lowest BCUT2D eigenvalue weighted by molar-refractivity contribution is -0.0396. The fourth-order valence-electron chi connectivity index (χ4n) is 13.9. The Labute approximate surface area is 452 Å². The SMILES string of the molecule is CC(C)S(C#Cc1c(F)ccc2cc(OS(c3ccccc3)(c3ccccc3)C(C)(C)C)cc(Oc3nc4nc(OC[C@@]56CCCN5CC(F)C6)nc(N5CCCC6(CC(O)C6)C5)c4n3C3CCC3)c12)(C(C)C)C(C)C. The van der Waals surface area contributed by atoms with Gasteiger partial charge in [-0.05, 0) is 164 Å². The van der Waals surface area contributed by atoms with Crippen molar-refractivity contribution in [2.24, 2.45) is 5.41 Å². The van der Waals surface area contributed by atoms with E-state index in [1.165, 1.54) is 6.07 Å². The van der Waals surface area contributed by atoms with Crippen LogP contribution in [0.2, 0.25) is 0 Å². The first-order valence-electron chi connectivity index (χ1n) is 28.0. The van der Waals surface area contributed by atoms with E-state index in [2.05, 4.69) is 136 Å². The number of nitrogens with zero attached hydrogens (tertiary/aromatic N) is 6. The molecule has 2 aromatic heterocycles. The fraction of sp³-hybridized carbons (Fsp3) is 0.532. The van der Waals surface area contributed by atoms with Gasteiger partial charge in [0, 0.05) is 58.1 Å². The van der Waals surface area contributed by atoms with Crippen LogP contribution in [0.1, 0.15) is 138 Å². The first kappa shape index (κ1) is 53.0. The maximum absolute atomic E-state index is 17.1. The molecule has 4 aromatic carbocycles. The monoisotopic (exact) mass is 1070 g/mol. The number of imidazole rings is 1. The lowest BCUT2D eigenvalue weighted by Gasteiger charge is -2.51. The number of hydrogen-bond donors (Lipinski definition) is 1. The van der Waals surface area contributed by atoms with Gasteiger partial charge in [-0.3, -0.25) is 9.47 Å². The summed E-state index contributed by atoms with van der Waals surface area (Å²) in [7, 11) is -3.86. The van der Waals surface area contributed by atoms with Crippen LogP contribution < -0.4 is 18.6 Å². The van der Waals surface area contributed by atoms with Crippen LogP contribution in [0.4, 0.5) is 14.6 Å². The molecular formula is C62H78F2N6O4S2. The van der Waals surface area contributed by atoms with Crippen molar-refractivity contribution < 1.29 is 27.5 Å². The lowest BCUT2D eigenvalue weighted by atomic mass is 9.62. The van der Waals surface area contributed by atoms with Gasteiger partial charge in [0.05, 0.1) is 17.2 Å². The van der Waals surface area contributed by atoms with Gasteiger partial charge in [-0.2, -0.15) is 25.0 Å². The van der Waals surface area contributed by atoms with Gasteiger partial charge in [0.15, 0.2) is 11.5 Å². The zero-order valence-corrected chi connectivity index (χ0v) is 47.7. The van der Waals surface area contributed by atoms with Crippen molar-refractivity contribution in [3.05, 3.63) is 96.3 Å². The summed E-state index contributed by atoms with van der Waals surface area (Å²) in [6, 6.07) is 28.8. The van der Waals surface area contributed by atoms with E-state index in [1.54, 1.807) is 0 Å². The predicted octanol–water partition coefficient (Wildman–Crippen LogP) is 14.7. The molecule has 2 atom stereocenters. The molecule has 2 saturated carbocycles. The van der Waals surface area contributed by atoms with E-state index in [-0.39, 0.29) is 51.5 Å². The second kappa shape index (κ2) is 20.3. The number of hydrogen-bond acceptors (Lipinski definition) is 9. The van der Waals surface area contributed by atoms with E-state index in [0.29, 0.717) is 41.5 Å². The minimum absolute atomic E-state index is 0.00938. The number of halogens is 2. The zero-order chi connectivity index (χ0) is 53.4. The Hall–Kier alpha value is -5.07. The Kier molecular flexibility index (Phi) is 14.1. The molecule has 10 nitrogen and oxygen atoms in total. The summed E-state index contributed by atoms with van der Waals surface area (Å²) in [6.07, 6.45) is 7.47.